The van der Waals surface area contributed by atoms with Crippen LogP contribution < -0.4 is 0 Å². The molecule has 0 aliphatic rings. The largest absolute Gasteiger partial charge is 0.455 e. The highest BCUT2D eigenvalue weighted by molar-refractivity contribution is 6.31. The molecule has 0 saturated heterocycles. The Hall–Kier alpha value is -6.70. The van der Waals surface area contributed by atoms with Crippen LogP contribution in [0.15, 0.2) is 186 Å². The van der Waals surface area contributed by atoms with Gasteiger partial charge in [-0.15, -0.1) is 0 Å². The third-order valence-corrected chi connectivity index (χ3v) is 10.8. The minimum Gasteiger partial charge on any atom is -0.455 e. The second-order valence-corrected chi connectivity index (χ2v) is 13.6. The molecule has 0 bridgehead atoms. The summed E-state index contributed by atoms with van der Waals surface area (Å²) in [7, 11) is 0. The van der Waals surface area contributed by atoms with Gasteiger partial charge in [-0.25, -0.2) is 0 Å². The van der Waals surface area contributed by atoms with E-state index in [-0.39, 0.29) is 0 Å². The van der Waals surface area contributed by atoms with E-state index < -0.39 is 0 Å². The fourth-order valence-corrected chi connectivity index (χ4v) is 8.55. The summed E-state index contributed by atoms with van der Waals surface area (Å²) in [5.41, 5.74) is 9.22. The number of hydrogen-bond donors (Lipinski definition) is 0. The third-order valence-electron chi connectivity index (χ3n) is 10.8. The van der Waals surface area contributed by atoms with Crippen molar-refractivity contribution in [1.29, 1.82) is 0 Å². The van der Waals surface area contributed by atoms with Crippen LogP contribution in [0.1, 0.15) is 0 Å². The summed E-state index contributed by atoms with van der Waals surface area (Å²) >= 11 is 0. The summed E-state index contributed by atoms with van der Waals surface area (Å²) < 4.78 is 6.98. The maximum absolute atomic E-state index is 6.98. The third kappa shape index (κ3) is 4.16. The van der Waals surface area contributed by atoms with Crippen molar-refractivity contribution in [3.8, 4) is 33.4 Å². The van der Waals surface area contributed by atoms with Gasteiger partial charge in [0.2, 0.25) is 0 Å². The summed E-state index contributed by atoms with van der Waals surface area (Å²) in [6.45, 7) is 0. The Morgan fingerprint density at radius 2 is 0.824 bits per heavy atom. The molecule has 0 fully saturated rings. The zero-order valence-electron chi connectivity index (χ0n) is 27.7. The monoisotopic (exact) mass is 646 g/mol. The molecule has 1 heteroatoms. The van der Waals surface area contributed by atoms with E-state index in [4.69, 9.17) is 4.42 Å². The number of rotatable bonds is 3. The lowest BCUT2D eigenvalue weighted by molar-refractivity contribution is 0.676. The zero-order chi connectivity index (χ0) is 33.5. The standard InChI is InChI=1S/C50H30O/c1-2-13-31(14-3-1)34-26-27-42-44(29-34)46(39-24-12-18-32-15-4-7-19-36(32)39)40-22-10-11-23-41(40)47(42)45-30-35-17-6-9-21-38(35)50-48(45)43-28-25-33-16-5-8-20-37(33)49(43)51-50/h1-30H. The van der Waals surface area contributed by atoms with Crippen LogP contribution in [0.3, 0.4) is 0 Å². The molecule has 0 atom stereocenters. The van der Waals surface area contributed by atoms with Gasteiger partial charge in [0.25, 0.3) is 0 Å². The lowest BCUT2D eigenvalue weighted by atomic mass is 9.82. The molecular weight excluding hydrogens is 617 g/mol. The SMILES string of the molecule is c1ccc(-c2ccc3c(-c4cc5ccccc5c5oc6c7ccccc7ccc6c45)c4ccccc4c(-c4cccc5ccccc45)c3c2)cc1. The van der Waals surface area contributed by atoms with Crippen molar-refractivity contribution in [3.63, 3.8) is 0 Å². The molecule has 1 nitrogen and oxygen atoms in total. The van der Waals surface area contributed by atoms with E-state index in [1.54, 1.807) is 0 Å². The predicted octanol–water partition coefficient (Wildman–Crippen LogP) is 14.4. The Bertz CT molecular complexity index is 3180. The van der Waals surface area contributed by atoms with Crippen molar-refractivity contribution in [1.82, 2.24) is 0 Å². The van der Waals surface area contributed by atoms with E-state index in [9.17, 15) is 0 Å². The Morgan fingerprint density at radius 1 is 0.275 bits per heavy atom. The molecule has 0 radical (unpaired) electrons. The first-order chi connectivity index (χ1) is 25.3. The minimum absolute atomic E-state index is 0.936. The molecule has 0 amide bonds. The fourth-order valence-electron chi connectivity index (χ4n) is 8.55. The van der Waals surface area contributed by atoms with E-state index >= 15 is 0 Å². The number of hydrogen-bond acceptors (Lipinski definition) is 1. The van der Waals surface area contributed by atoms with Crippen LogP contribution in [0.25, 0.3) is 109 Å². The van der Waals surface area contributed by atoms with Crippen molar-refractivity contribution >= 4 is 75.8 Å². The van der Waals surface area contributed by atoms with Crippen LogP contribution in [0, 0.1) is 0 Å². The molecule has 0 N–H and O–H groups in total. The second kappa shape index (κ2) is 10.9. The first-order valence-electron chi connectivity index (χ1n) is 17.6. The highest BCUT2D eigenvalue weighted by Gasteiger charge is 2.23. The van der Waals surface area contributed by atoms with Gasteiger partial charge in [0.05, 0.1) is 0 Å². The van der Waals surface area contributed by atoms with E-state index in [2.05, 4.69) is 182 Å². The van der Waals surface area contributed by atoms with Gasteiger partial charge in [0, 0.05) is 21.5 Å². The average molecular weight is 647 g/mol. The minimum atomic E-state index is 0.936. The van der Waals surface area contributed by atoms with Crippen molar-refractivity contribution < 1.29 is 4.42 Å². The summed E-state index contributed by atoms with van der Waals surface area (Å²) in [4.78, 5) is 0. The Labute approximate surface area is 294 Å². The number of fused-ring (bicyclic) bond motifs is 10. The van der Waals surface area contributed by atoms with Gasteiger partial charge in [0.15, 0.2) is 0 Å². The summed E-state index contributed by atoms with van der Waals surface area (Å²) in [5.74, 6) is 0. The summed E-state index contributed by atoms with van der Waals surface area (Å²) in [5, 5.41) is 14.3. The molecule has 11 aromatic rings. The fraction of sp³-hybridized carbons (Fsp3) is 0. The smallest absolute Gasteiger partial charge is 0.143 e. The van der Waals surface area contributed by atoms with Crippen LogP contribution in [0.2, 0.25) is 0 Å². The summed E-state index contributed by atoms with van der Waals surface area (Å²) in [6, 6.07) is 66.3. The summed E-state index contributed by atoms with van der Waals surface area (Å²) in [6.07, 6.45) is 0. The molecule has 0 unspecified atom stereocenters. The maximum Gasteiger partial charge on any atom is 0.143 e. The Morgan fingerprint density at radius 3 is 1.59 bits per heavy atom. The Kier molecular flexibility index (Phi) is 6.02. The average Bonchev–Trinajstić information content (AvgIpc) is 3.61. The molecule has 1 heterocycles. The molecule has 51 heavy (non-hydrogen) atoms. The van der Waals surface area contributed by atoms with Crippen molar-refractivity contribution in [2.45, 2.75) is 0 Å². The molecule has 0 spiro atoms. The molecule has 236 valence electrons. The molecule has 11 rings (SSSR count). The molecule has 0 aliphatic carbocycles. The number of benzene rings is 10. The highest BCUT2D eigenvalue weighted by Crippen LogP contribution is 2.50. The normalized spacial score (nSPS) is 11.9. The van der Waals surface area contributed by atoms with Crippen LogP contribution in [-0.2, 0) is 0 Å². The van der Waals surface area contributed by atoms with Gasteiger partial charge in [0.1, 0.15) is 11.2 Å². The van der Waals surface area contributed by atoms with E-state index in [0.29, 0.717) is 0 Å². The van der Waals surface area contributed by atoms with Crippen LogP contribution in [-0.4, -0.2) is 0 Å². The van der Waals surface area contributed by atoms with Crippen molar-refractivity contribution in [2.75, 3.05) is 0 Å². The maximum atomic E-state index is 6.98. The Balaban J connectivity index is 1.36. The lowest BCUT2D eigenvalue weighted by Gasteiger charge is -2.20. The zero-order valence-corrected chi connectivity index (χ0v) is 27.7. The van der Waals surface area contributed by atoms with Crippen LogP contribution >= 0.6 is 0 Å². The van der Waals surface area contributed by atoms with Crippen molar-refractivity contribution in [3.05, 3.63) is 182 Å². The van der Waals surface area contributed by atoms with E-state index in [1.165, 1.54) is 76.5 Å². The predicted molar refractivity (Wildman–Crippen MR) is 218 cm³/mol. The van der Waals surface area contributed by atoms with Gasteiger partial charge in [-0.3, -0.25) is 0 Å². The lowest BCUT2D eigenvalue weighted by Crippen LogP contribution is -1.93. The quantitative estimate of drug-likeness (QED) is 0.174. The molecular formula is C50H30O. The molecule has 10 aromatic carbocycles. The van der Waals surface area contributed by atoms with Gasteiger partial charge in [-0.1, -0.05) is 164 Å². The highest BCUT2D eigenvalue weighted by atomic mass is 16.3. The van der Waals surface area contributed by atoms with Gasteiger partial charge >= 0.3 is 0 Å². The first kappa shape index (κ1) is 28.2. The van der Waals surface area contributed by atoms with Gasteiger partial charge in [-0.05, 0) is 94.7 Å². The topological polar surface area (TPSA) is 13.1 Å². The second-order valence-electron chi connectivity index (χ2n) is 13.6. The first-order valence-corrected chi connectivity index (χ1v) is 17.6. The number of furan rings is 1. The van der Waals surface area contributed by atoms with Gasteiger partial charge in [-0.2, -0.15) is 0 Å². The van der Waals surface area contributed by atoms with E-state index in [0.717, 1.165) is 32.7 Å². The van der Waals surface area contributed by atoms with Crippen molar-refractivity contribution in [2.24, 2.45) is 0 Å². The van der Waals surface area contributed by atoms with E-state index in [1.807, 2.05) is 0 Å². The molecule has 0 aliphatic heterocycles. The van der Waals surface area contributed by atoms with Gasteiger partial charge < -0.3 is 4.42 Å². The van der Waals surface area contributed by atoms with Crippen LogP contribution in [0.4, 0.5) is 0 Å². The molecule has 1 aromatic heterocycles. The molecule has 0 saturated carbocycles. The van der Waals surface area contributed by atoms with Crippen LogP contribution in [0.5, 0.6) is 0 Å².